The van der Waals surface area contributed by atoms with Crippen molar-refractivity contribution in [3.8, 4) is 0 Å². The molecule has 0 N–H and O–H groups in total. The Morgan fingerprint density at radius 2 is 2.25 bits per heavy atom. The zero-order valence-corrected chi connectivity index (χ0v) is 7.37. The Hall–Kier alpha value is -0.900. The lowest BCUT2D eigenvalue weighted by atomic mass is 10.3. The molecule has 0 radical (unpaired) electrons. The lowest BCUT2D eigenvalue weighted by Gasteiger charge is -2.18. The number of likely N-dealkylation sites (tertiary alicyclic amines) is 1. The second kappa shape index (κ2) is 3.67. The van der Waals surface area contributed by atoms with Gasteiger partial charge in [0.2, 0.25) is 5.91 Å². The first kappa shape index (κ1) is 9.19. The Morgan fingerprint density at radius 3 is 2.67 bits per heavy atom. The van der Waals surface area contributed by atoms with Gasteiger partial charge in [-0.1, -0.05) is 0 Å². The minimum absolute atomic E-state index is 0.000139. The lowest BCUT2D eigenvalue weighted by Crippen LogP contribution is -2.33. The number of carbonyl (C=O) groups is 2. The Bertz CT molecular complexity index is 202. The Labute approximate surface area is 71.5 Å². The van der Waals surface area contributed by atoms with E-state index in [-0.39, 0.29) is 30.8 Å². The fraction of sp³-hybridized carbons (Fsp3) is 0.750. The molecule has 4 heteroatoms. The van der Waals surface area contributed by atoms with Crippen LogP contribution in [0.1, 0.15) is 13.3 Å². The molecular formula is C8H13NO3. The summed E-state index contributed by atoms with van der Waals surface area (Å²) in [5, 5.41) is 0. The SMILES string of the molecule is COC(C)CN1CC(=O)CC1=O. The van der Waals surface area contributed by atoms with Crippen molar-refractivity contribution in [1.82, 2.24) is 4.90 Å². The van der Waals surface area contributed by atoms with Gasteiger partial charge in [-0.05, 0) is 6.92 Å². The van der Waals surface area contributed by atoms with E-state index in [0.717, 1.165) is 0 Å². The highest BCUT2D eigenvalue weighted by atomic mass is 16.5. The molecule has 0 aromatic rings. The van der Waals surface area contributed by atoms with Gasteiger partial charge < -0.3 is 9.64 Å². The molecule has 0 aromatic carbocycles. The summed E-state index contributed by atoms with van der Waals surface area (Å²) in [5.74, 6) is -0.0767. The number of carbonyl (C=O) groups excluding carboxylic acids is 2. The smallest absolute Gasteiger partial charge is 0.230 e. The van der Waals surface area contributed by atoms with Gasteiger partial charge in [0.05, 0.1) is 19.1 Å². The van der Waals surface area contributed by atoms with E-state index in [0.29, 0.717) is 6.54 Å². The first-order valence-corrected chi connectivity index (χ1v) is 3.95. The average molecular weight is 171 g/mol. The maximum Gasteiger partial charge on any atom is 0.230 e. The molecule has 1 atom stereocenters. The van der Waals surface area contributed by atoms with E-state index in [1.54, 1.807) is 7.11 Å². The molecule has 1 saturated heterocycles. The van der Waals surface area contributed by atoms with Gasteiger partial charge in [0.25, 0.3) is 0 Å². The van der Waals surface area contributed by atoms with Gasteiger partial charge in [0.1, 0.15) is 0 Å². The van der Waals surface area contributed by atoms with Crippen LogP contribution in [0.4, 0.5) is 0 Å². The minimum atomic E-state index is -0.0797. The van der Waals surface area contributed by atoms with Crippen molar-refractivity contribution in [2.45, 2.75) is 19.4 Å². The molecule has 1 fully saturated rings. The molecule has 1 aliphatic rings. The van der Waals surface area contributed by atoms with E-state index in [1.165, 1.54) is 4.90 Å². The van der Waals surface area contributed by atoms with Gasteiger partial charge in [-0.25, -0.2) is 0 Å². The molecule has 0 saturated carbocycles. The first-order chi connectivity index (χ1) is 5.63. The van der Waals surface area contributed by atoms with E-state index >= 15 is 0 Å². The van der Waals surface area contributed by atoms with Crippen LogP contribution in [0, 0.1) is 0 Å². The summed E-state index contributed by atoms with van der Waals surface area (Å²) in [6.07, 6.45) is 0.0658. The van der Waals surface area contributed by atoms with Gasteiger partial charge in [0, 0.05) is 13.7 Å². The summed E-state index contributed by atoms with van der Waals surface area (Å²) in [4.78, 5) is 23.5. The summed E-state index contributed by atoms with van der Waals surface area (Å²) >= 11 is 0. The van der Waals surface area contributed by atoms with E-state index < -0.39 is 0 Å². The molecule has 12 heavy (non-hydrogen) atoms. The molecule has 1 rings (SSSR count). The molecule has 0 aromatic heterocycles. The summed E-state index contributed by atoms with van der Waals surface area (Å²) < 4.78 is 4.99. The Morgan fingerprint density at radius 1 is 1.58 bits per heavy atom. The second-order valence-corrected chi connectivity index (χ2v) is 3.04. The van der Waals surface area contributed by atoms with Crippen molar-refractivity contribution in [3.63, 3.8) is 0 Å². The number of ketones is 1. The Balaban J connectivity index is 2.43. The highest BCUT2D eigenvalue weighted by molar-refractivity contribution is 6.05. The average Bonchev–Trinajstić information content (AvgIpc) is 2.30. The summed E-state index contributed by atoms with van der Waals surface area (Å²) in [7, 11) is 1.59. The van der Waals surface area contributed by atoms with Crippen LogP contribution in [0.5, 0.6) is 0 Å². The zero-order chi connectivity index (χ0) is 9.14. The number of hydrogen-bond acceptors (Lipinski definition) is 3. The van der Waals surface area contributed by atoms with Gasteiger partial charge in [0.15, 0.2) is 5.78 Å². The highest BCUT2D eigenvalue weighted by Gasteiger charge is 2.27. The number of rotatable bonds is 3. The zero-order valence-electron chi connectivity index (χ0n) is 7.37. The van der Waals surface area contributed by atoms with Crippen LogP contribution in [0.3, 0.4) is 0 Å². The monoisotopic (exact) mass is 171 g/mol. The van der Waals surface area contributed by atoms with Crippen molar-refractivity contribution in [2.24, 2.45) is 0 Å². The lowest BCUT2D eigenvalue weighted by molar-refractivity contribution is -0.129. The van der Waals surface area contributed by atoms with E-state index in [9.17, 15) is 9.59 Å². The van der Waals surface area contributed by atoms with Gasteiger partial charge in [-0.15, -0.1) is 0 Å². The summed E-state index contributed by atoms with van der Waals surface area (Å²) in [6.45, 7) is 2.64. The maximum absolute atomic E-state index is 11.1. The molecule has 1 unspecified atom stereocenters. The fourth-order valence-corrected chi connectivity index (χ4v) is 1.19. The van der Waals surface area contributed by atoms with Crippen LogP contribution in [0.25, 0.3) is 0 Å². The molecular weight excluding hydrogens is 158 g/mol. The van der Waals surface area contributed by atoms with Crippen molar-refractivity contribution >= 4 is 11.7 Å². The molecule has 4 nitrogen and oxygen atoms in total. The van der Waals surface area contributed by atoms with E-state index in [2.05, 4.69) is 0 Å². The van der Waals surface area contributed by atoms with E-state index in [4.69, 9.17) is 4.74 Å². The van der Waals surface area contributed by atoms with E-state index in [1.807, 2.05) is 6.92 Å². The third-order valence-corrected chi connectivity index (χ3v) is 1.95. The summed E-state index contributed by atoms with van der Waals surface area (Å²) in [6, 6.07) is 0. The predicted octanol–water partition coefficient (Wildman–Crippen LogP) is -0.177. The normalized spacial score (nSPS) is 20.3. The van der Waals surface area contributed by atoms with Crippen LogP contribution in [0.2, 0.25) is 0 Å². The maximum atomic E-state index is 11.1. The second-order valence-electron chi connectivity index (χ2n) is 3.04. The molecule has 0 spiro atoms. The standard InChI is InChI=1S/C8H13NO3/c1-6(12-2)4-9-5-7(10)3-8(9)11/h6H,3-5H2,1-2H3. The fourth-order valence-electron chi connectivity index (χ4n) is 1.19. The number of Topliss-reactive ketones (excluding diaryl/α,β-unsaturated/α-hetero) is 1. The number of amides is 1. The van der Waals surface area contributed by atoms with Crippen molar-refractivity contribution in [3.05, 3.63) is 0 Å². The van der Waals surface area contributed by atoms with Gasteiger partial charge in [-0.2, -0.15) is 0 Å². The largest absolute Gasteiger partial charge is 0.380 e. The number of methoxy groups -OCH3 is 1. The molecule has 1 amide bonds. The van der Waals surface area contributed by atoms with Crippen LogP contribution < -0.4 is 0 Å². The molecule has 1 aliphatic heterocycles. The predicted molar refractivity (Wildman–Crippen MR) is 42.7 cm³/mol. The highest BCUT2D eigenvalue weighted by Crippen LogP contribution is 2.07. The van der Waals surface area contributed by atoms with Crippen LogP contribution >= 0.6 is 0 Å². The number of nitrogens with zero attached hydrogens (tertiary/aromatic N) is 1. The topological polar surface area (TPSA) is 46.6 Å². The van der Waals surface area contributed by atoms with Crippen molar-refractivity contribution < 1.29 is 14.3 Å². The Kier molecular flexibility index (Phi) is 2.81. The van der Waals surface area contributed by atoms with Crippen molar-refractivity contribution in [1.29, 1.82) is 0 Å². The molecule has 0 bridgehead atoms. The number of hydrogen-bond donors (Lipinski definition) is 0. The summed E-state index contributed by atoms with van der Waals surface area (Å²) in [5.41, 5.74) is 0. The quantitative estimate of drug-likeness (QED) is 0.553. The minimum Gasteiger partial charge on any atom is -0.380 e. The van der Waals surface area contributed by atoms with Crippen LogP contribution in [-0.2, 0) is 14.3 Å². The first-order valence-electron chi connectivity index (χ1n) is 3.95. The molecule has 1 heterocycles. The van der Waals surface area contributed by atoms with Crippen LogP contribution in [-0.4, -0.2) is 42.9 Å². The van der Waals surface area contributed by atoms with Gasteiger partial charge in [-0.3, -0.25) is 9.59 Å². The third kappa shape index (κ3) is 2.04. The van der Waals surface area contributed by atoms with Crippen LogP contribution in [0.15, 0.2) is 0 Å². The third-order valence-electron chi connectivity index (χ3n) is 1.95. The van der Waals surface area contributed by atoms with Crippen molar-refractivity contribution in [2.75, 3.05) is 20.2 Å². The number of ether oxygens (including phenoxy) is 1. The van der Waals surface area contributed by atoms with Gasteiger partial charge >= 0.3 is 0 Å². The molecule has 0 aliphatic carbocycles. The molecule has 68 valence electrons.